The molecule has 0 saturated carbocycles. The third-order valence-corrected chi connectivity index (χ3v) is 4.37. The third-order valence-electron chi connectivity index (χ3n) is 2.54. The van der Waals surface area contributed by atoms with Gasteiger partial charge in [-0.1, -0.05) is 6.92 Å². The van der Waals surface area contributed by atoms with Gasteiger partial charge in [0.05, 0.1) is 13.2 Å². The Kier molecular flexibility index (Phi) is 5.12. The maximum Gasteiger partial charge on any atom is 0.264 e. The monoisotopic (exact) mass is 321 g/mol. The number of amides is 1. The lowest BCUT2D eigenvalue weighted by Crippen LogP contribution is -2.41. The average Bonchev–Trinajstić information content (AvgIpc) is 2.74. The molecule has 1 heterocycles. The zero-order valence-electron chi connectivity index (χ0n) is 9.81. The van der Waals surface area contributed by atoms with Crippen LogP contribution in [0.25, 0.3) is 0 Å². The van der Waals surface area contributed by atoms with Crippen molar-refractivity contribution in [3.63, 3.8) is 0 Å². The summed E-state index contributed by atoms with van der Waals surface area (Å²) in [4.78, 5) is 14.2. The Morgan fingerprint density at radius 3 is 2.53 bits per heavy atom. The molecule has 0 aromatic carbocycles. The fourth-order valence-corrected chi connectivity index (χ4v) is 2.95. The van der Waals surface area contributed by atoms with Crippen LogP contribution >= 0.6 is 27.3 Å². The highest BCUT2D eigenvalue weighted by atomic mass is 79.9. The van der Waals surface area contributed by atoms with Crippen LogP contribution < -0.4 is 0 Å². The number of carbonyl (C=O) groups excluding carboxylic acids is 1. The molecule has 96 valence electrons. The Morgan fingerprint density at radius 1 is 1.53 bits per heavy atom. The number of aliphatic hydroxyl groups excluding tert-OH is 2. The number of hydrogen-bond acceptors (Lipinski definition) is 4. The van der Waals surface area contributed by atoms with E-state index in [0.29, 0.717) is 11.4 Å². The molecule has 0 bridgehead atoms. The second-order valence-electron chi connectivity index (χ2n) is 4.39. The summed E-state index contributed by atoms with van der Waals surface area (Å²) in [5.74, 6) is -0.111. The maximum atomic E-state index is 12.1. The van der Waals surface area contributed by atoms with Crippen LogP contribution in [-0.4, -0.2) is 47.8 Å². The zero-order chi connectivity index (χ0) is 13.1. The molecule has 6 heteroatoms. The van der Waals surface area contributed by atoms with Gasteiger partial charge in [0.25, 0.3) is 5.91 Å². The zero-order valence-corrected chi connectivity index (χ0v) is 12.2. The molecule has 0 aliphatic heterocycles. The molecule has 0 unspecified atom stereocenters. The van der Waals surface area contributed by atoms with Gasteiger partial charge in [-0.3, -0.25) is 4.79 Å². The molecule has 1 rings (SSSR count). The fourth-order valence-electron chi connectivity index (χ4n) is 1.41. The van der Waals surface area contributed by atoms with E-state index in [1.165, 1.54) is 16.2 Å². The fraction of sp³-hybridized carbons (Fsp3) is 0.545. The Balaban J connectivity index is 2.75. The molecular weight excluding hydrogens is 306 g/mol. The summed E-state index contributed by atoms with van der Waals surface area (Å²) >= 11 is 4.68. The van der Waals surface area contributed by atoms with Gasteiger partial charge in [0.2, 0.25) is 0 Å². The second kappa shape index (κ2) is 5.95. The SMILES string of the molecule is CN(CC(C)(CO)CO)C(=O)c1sccc1Br. The summed E-state index contributed by atoms with van der Waals surface area (Å²) in [5, 5.41) is 20.2. The smallest absolute Gasteiger partial charge is 0.264 e. The van der Waals surface area contributed by atoms with Gasteiger partial charge in [0.1, 0.15) is 4.88 Å². The first-order valence-corrected chi connectivity index (χ1v) is 6.81. The summed E-state index contributed by atoms with van der Waals surface area (Å²) in [6.45, 7) is 1.73. The lowest BCUT2D eigenvalue weighted by Gasteiger charge is -2.30. The first-order valence-electron chi connectivity index (χ1n) is 5.14. The first-order chi connectivity index (χ1) is 7.93. The van der Waals surface area contributed by atoms with Crippen molar-refractivity contribution in [1.29, 1.82) is 0 Å². The largest absolute Gasteiger partial charge is 0.396 e. The molecule has 1 aromatic rings. The summed E-state index contributed by atoms with van der Waals surface area (Å²) < 4.78 is 0.772. The van der Waals surface area contributed by atoms with Gasteiger partial charge >= 0.3 is 0 Å². The number of carbonyl (C=O) groups is 1. The van der Waals surface area contributed by atoms with Crippen molar-refractivity contribution in [3.8, 4) is 0 Å². The summed E-state index contributed by atoms with van der Waals surface area (Å²) in [6.07, 6.45) is 0. The molecule has 17 heavy (non-hydrogen) atoms. The standard InChI is InChI=1S/C11H16BrNO3S/c1-11(6-14,7-15)5-13(2)10(16)9-8(12)3-4-17-9/h3-4,14-15H,5-7H2,1-2H3. The molecule has 0 aliphatic carbocycles. The van der Waals surface area contributed by atoms with E-state index < -0.39 is 5.41 Å². The second-order valence-corrected chi connectivity index (χ2v) is 6.16. The molecule has 0 aliphatic rings. The molecule has 4 nitrogen and oxygen atoms in total. The van der Waals surface area contributed by atoms with E-state index in [2.05, 4.69) is 15.9 Å². The molecular formula is C11H16BrNO3S. The van der Waals surface area contributed by atoms with Crippen LogP contribution in [0.4, 0.5) is 0 Å². The van der Waals surface area contributed by atoms with Crippen LogP contribution in [-0.2, 0) is 0 Å². The molecule has 1 amide bonds. The van der Waals surface area contributed by atoms with Gasteiger partial charge in [-0.05, 0) is 27.4 Å². The van der Waals surface area contributed by atoms with E-state index in [4.69, 9.17) is 0 Å². The normalized spacial score (nSPS) is 11.6. The lowest BCUT2D eigenvalue weighted by atomic mass is 9.92. The predicted molar refractivity (Wildman–Crippen MR) is 71.3 cm³/mol. The minimum atomic E-state index is -0.672. The third kappa shape index (κ3) is 3.51. The highest BCUT2D eigenvalue weighted by molar-refractivity contribution is 9.10. The first kappa shape index (κ1) is 14.6. The van der Waals surface area contributed by atoms with Crippen LogP contribution in [0, 0.1) is 5.41 Å². The predicted octanol–water partition coefficient (Wildman–Crippen LogP) is 1.57. The Morgan fingerprint density at radius 2 is 2.12 bits per heavy atom. The highest BCUT2D eigenvalue weighted by Crippen LogP contribution is 2.25. The van der Waals surface area contributed by atoms with Crippen molar-refractivity contribution in [2.45, 2.75) is 6.92 Å². The van der Waals surface area contributed by atoms with Gasteiger partial charge in [-0.25, -0.2) is 0 Å². The molecule has 0 fully saturated rings. The van der Waals surface area contributed by atoms with Gasteiger partial charge in [-0.2, -0.15) is 0 Å². The summed E-state index contributed by atoms with van der Waals surface area (Å²) in [7, 11) is 1.66. The van der Waals surface area contributed by atoms with E-state index in [-0.39, 0.29) is 19.1 Å². The van der Waals surface area contributed by atoms with Gasteiger partial charge in [0.15, 0.2) is 0 Å². The number of halogens is 1. The molecule has 0 saturated heterocycles. The van der Waals surface area contributed by atoms with Crippen molar-refractivity contribution < 1.29 is 15.0 Å². The van der Waals surface area contributed by atoms with Gasteiger partial charge in [0, 0.05) is 23.5 Å². The van der Waals surface area contributed by atoms with Gasteiger partial charge in [-0.15, -0.1) is 11.3 Å². The van der Waals surface area contributed by atoms with Crippen LogP contribution in [0.15, 0.2) is 15.9 Å². The maximum absolute atomic E-state index is 12.1. The number of aliphatic hydroxyl groups is 2. The van der Waals surface area contributed by atoms with Crippen molar-refractivity contribution >= 4 is 33.2 Å². The quantitative estimate of drug-likeness (QED) is 0.865. The highest BCUT2D eigenvalue weighted by Gasteiger charge is 2.27. The Labute approximate surface area is 113 Å². The van der Waals surface area contributed by atoms with E-state index in [1.54, 1.807) is 14.0 Å². The molecule has 1 aromatic heterocycles. The lowest BCUT2D eigenvalue weighted by molar-refractivity contribution is 0.0368. The van der Waals surface area contributed by atoms with Crippen molar-refractivity contribution in [3.05, 3.63) is 20.8 Å². The number of nitrogens with zero attached hydrogens (tertiary/aromatic N) is 1. The van der Waals surface area contributed by atoms with E-state index in [1.807, 2.05) is 11.4 Å². The summed E-state index contributed by atoms with van der Waals surface area (Å²) in [6, 6.07) is 1.82. The molecule has 0 radical (unpaired) electrons. The molecule has 0 atom stereocenters. The minimum absolute atomic E-state index is 0.111. The van der Waals surface area contributed by atoms with Crippen molar-refractivity contribution in [2.24, 2.45) is 5.41 Å². The molecule has 0 spiro atoms. The average molecular weight is 322 g/mol. The minimum Gasteiger partial charge on any atom is -0.396 e. The Hall–Kier alpha value is -0.430. The number of hydrogen-bond donors (Lipinski definition) is 2. The van der Waals surface area contributed by atoms with Crippen molar-refractivity contribution in [2.75, 3.05) is 26.8 Å². The van der Waals surface area contributed by atoms with E-state index in [0.717, 1.165) is 4.47 Å². The molecule has 2 N–H and O–H groups in total. The van der Waals surface area contributed by atoms with Crippen LogP contribution in [0.3, 0.4) is 0 Å². The van der Waals surface area contributed by atoms with E-state index >= 15 is 0 Å². The van der Waals surface area contributed by atoms with Gasteiger partial charge < -0.3 is 15.1 Å². The van der Waals surface area contributed by atoms with Crippen LogP contribution in [0.2, 0.25) is 0 Å². The topological polar surface area (TPSA) is 60.8 Å². The van der Waals surface area contributed by atoms with Crippen molar-refractivity contribution in [1.82, 2.24) is 4.90 Å². The van der Waals surface area contributed by atoms with Crippen LogP contribution in [0.5, 0.6) is 0 Å². The Bertz CT molecular complexity index is 390. The number of rotatable bonds is 5. The number of thiophene rings is 1. The summed E-state index contributed by atoms with van der Waals surface area (Å²) in [5.41, 5.74) is -0.672. The van der Waals surface area contributed by atoms with Crippen LogP contribution in [0.1, 0.15) is 16.6 Å². The van der Waals surface area contributed by atoms with E-state index in [9.17, 15) is 15.0 Å².